The maximum Gasteiger partial charge on any atom is 0.251 e. The van der Waals surface area contributed by atoms with Crippen molar-refractivity contribution in [2.24, 2.45) is 0 Å². The topological polar surface area (TPSA) is 66.5 Å². The summed E-state index contributed by atoms with van der Waals surface area (Å²) in [7, 11) is -2.10. The highest BCUT2D eigenvalue weighted by Gasteiger charge is 2.20. The van der Waals surface area contributed by atoms with E-state index in [0.717, 1.165) is 17.5 Å². The minimum atomic E-state index is -3.62. The molecule has 0 unspecified atom stereocenters. The Morgan fingerprint density at radius 1 is 0.900 bits per heavy atom. The molecule has 3 aromatic carbocycles. The number of hydrogen-bond acceptors (Lipinski definition) is 3. The molecular formula is C23H23ClN2O3S. The van der Waals surface area contributed by atoms with E-state index in [1.165, 1.54) is 23.5 Å². The number of carbonyl (C=O) groups excluding carboxylic acids is 1. The van der Waals surface area contributed by atoms with Crippen molar-refractivity contribution in [3.05, 3.63) is 101 Å². The molecule has 30 heavy (non-hydrogen) atoms. The molecule has 0 saturated heterocycles. The van der Waals surface area contributed by atoms with Crippen LogP contribution in [0.2, 0.25) is 5.02 Å². The molecular weight excluding hydrogens is 420 g/mol. The SMILES string of the molecule is CN(Cc1ccc(C(=O)NCCc2ccccc2)cc1)S(=O)(=O)c1ccc(Cl)cc1. The lowest BCUT2D eigenvalue weighted by molar-refractivity contribution is 0.0954. The minimum absolute atomic E-state index is 0.153. The fourth-order valence-electron chi connectivity index (χ4n) is 2.96. The summed E-state index contributed by atoms with van der Waals surface area (Å²) in [5.41, 5.74) is 2.49. The second kappa shape index (κ2) is 9.89. The van der Waals surface area contributed by atoms with E-state index in [1.54, 1.807) is 36.4 Å². The fraction of sp³-hybridized carbons (Fsp3) is 0.174. The summed E-state index contributed by atoms with van der Waals surface area (Å²) in [5, 5.41) is 3.38. The molecule has 0 aliphatic rings. The maximum absolute atomic E-state index is 12.7. The van der Waals surface area contributed by atoms with E-state index in [1.807, 2.05) is 30.3 Å². The Balaban J connectivity index is 1.57. The minimum Gasteiger partial charge on any atom is -0.352 e. The van der Waals surface area contributed by atoms with Crippen LogP contribution < -0.4 is 5.32 Å². The largest absolute Gasteiger partial charge is 0.352 e. The molecule has 0 aliphatic heterocycles. The molecule has 5 nitrogen and oxygen atoms in total. The highest BCUT2D eigenvalue weighted by molar-refractivity contribution is 7.89. The second-order valence-electron chi connectivity index (χ2n) is 6.90. The van der Waals surface area contributed by atoms with E-state index in [9.17, 15) is 13.2 Å². The molecule has 0 aromatic heterocycles. The summed E-state index contributed by atoms with van der Waals surface area (Å²) in [5.74, 6) is -0.153. The highest BCUT2D eigenvalue weighted by Crippen LogP contribution is 2.19. The van der Waals surface area contributed by atoms with Crippen LogP contribution >= 0.6 is 11.6 Å². The Labute approximate surface area is 182 Å². The van der Waals surface area contributed by atoms with Crippen LogP contribution in [0.5, 0.6) is 0 Å². The summed E-state index contributed by atoms with van der Waals surface area (Å²) in [6.07, 6.45) is 0.762. The first-order valence-electron chi connectivity index (χ1n) is 9.49. The number of sulfonamides is 1. The van der Waals surface area contributed by atoms with Crippen molar-refractivity contribution in [3.8, 4) is 0 Å². The molecule has 156 valence electrons. The van der Waals surface area contributed by atoms with Crippen LogP contribution in [0.15, 0.2) is 83.8 Å². The quantitative estimate of drug-likeness (QED) is 0.570. The van der Waals surface area contributed by atoms with E-state index in [4.69, 9.17) is 11.6 Å². The molecule has 7 heteroatoms. The second-order valence-corrected chi connectivity index (χ2v) is 9.38. The molecule has 0 atom stereocenters. The predicted molar refractivity (Wildman–Crippen MR) is 119 cm³/mol. The van der Waals surface area contributed by atoms with Gasteiger partial charge in [0.15, 0.2) is 0 Å². The van der Waals surface area contributed by atoms with Crippen molar-refractivity contribution in [1.29, 1.82) is 0 Å². The van der Waals surface area contributed by atoms with Gasteiger partial charge in [0.05, 0.1) is 4.90 Å². The lowest BCUT2D eigenvalue weighted by Gasteiger charge is -2.17. The fourth-order valence-corrected chi connectivity index (χ4v) is 4.24. The van der Waals surface area contributed by atoms with Crippen LogP contribution in [0.4, 0.5) is 0 Å². The number of halogens is 1. The molecule has 0 spiro atoms. The number of carbonyl (C=O) groups is 1. The van der Waals surface area contributed by atoms with Gasteiger partial charge in [-0.05, 0) is 53.9 Å². The first kappa shape index (κ1) is 22.0. The Morgan fingerprint density at radius 3 is 2.17 bits per heavy atom. The van der Waals surface area contributed by atoms with E-state index in [-0.39, 0.29) is 17.3 Å². The van der Waals surface area contributed by atoms with Crippen LogP contribution in [-0.2, 0) is 23.0 Å². The van der Waals surface area contributed by atoms with Gasteiger partial charge in [0.25, 0.3) is 5.91 Å². The van der Waals surface area contributed by atoms with Crippen molar-refractivity contribution < 1.29 is 13.2 Å². The number of nitrogens with one attached hydrogen (secondary N) is 1. The van der Waals surface area contributed by atoms with E-state index in [2.05, 4.69) is 5.32 Å². The van der Waals surface area contributed by atoms with E-state index >= 15 is 0 Å². The Hall–Kier alpha value is -2.67. The third-order valence-electron chi connectivity index (χ3n) is 4.69. The standard InChI is InChI=1S/C23H23ClN2O3S/c1-26(30(28,29)22-13-11-21(24)12-14-22)17-19-7-9-20(10-8-19)23(27)25-16-15-18-5-3-2-4-6-18/h2-14H,15-17H2,1H3,(H,25,27). The van der Waals surface area contributed by atoms with Crippen LogP contribution in [0.1, 0.15) is 21.5 Å². The average Bonchev–Trinajstić information content (AvgIpc) is 2.75. The molecule has 3 aromatic rings. The molecule has 1 N–H and O–H groups in total. The normalized spacial score (nSPS) is 11.4. The molecule has 0 bridgehead atoms. The smallest absolute Gasteiger partial charge is 0.251 e. The van der Waals surface area contributed by atoms with Crippen LogP contribution in [0.25, 0.3) is 0 Å². The molecule has 0 heterocycles. The van der Waals surface area contributed by atoms with Crippen molar-refractivity contribution in [2.75, 3.05) is 13.6 Å². The van der Waals surface area contributed by atoms with E-state index < -0.39 is 10.0 Å². The first-order chi connectivity index (χ1) is 14.4. The van der Waals surface area contributed by atoms with Gasteiger partial charge in [-0.2, -0.15) is 4.31 Å². The van der Waals surface area contributed by atoms with Gasteiger partial charge in [-0.1, -0.05) is 54.1 Å². The Bertz CT molecular complexity index is 1080. The number of nitrogens with zero attached hydrogens (tertiary/aromatic N) is 1. The first-order valence-corrected chi connectivity index (χ1v) is 11.3. The number of amides is 1. The Morgan fingerprint density at radius 2 is 1.53 bits per heavy atom. The molecule has 0 radical (unpaired) electrons. The van der Waals surface area contributed by atoms with Gasteiger partial charge in [-0.25, -0.2) is 8.42 Å². The summed E-state index contributed by atoms with van der Waals surface area (Å²) in [6.45, 7) is 0.744. The number of hydrogen-bond donors (Lipinski definition) is 1. The Kier molecular flexibility index (Phi) is 7.26. The van der Waals surface area contributed by atoms with E-state index in [0.29, 0.717) is 17.1 Å². The third-order valence-corrected chi connectivity index (χ3v) is 6.75. The van der Waals surface area contributed by atoms with Gasteiger partial charge in [0.1, 0.15) is 0 Å². The molecule has 0 fully saturated rings. The number of rotatable bonds is 8. The van der Waals surface area contributed by atoms with Gasteiger partial charge in [0.2, 0.25) is 10.0 Å². The van der Waals surface area contributed by atoms with Gasteiger partial charge in [0, 0.05) is 30.7 Å². The van der Waals surface area contributed by atoms with Gasteiger partial charge in [-0.3, -0.25) is 4.79 Å². The highest BCUT2D eigenvalue weighted by atomic mass is 35.5. The van der Waals surface area contributed by atoms with Gasteiger partial charge < -0.3 is 5.32 Å². The third kappa shape index (κ3) is 5.69. The van der Waals surface area contributed by atoms with Gasteiger partial charge >= 0.3 is 0 Å². The maximum atomic E-state index is 12.7. The van der Waals surface area contributed by atoms with Crippen molar-refractivity contribution in [2.45, 2.75) is 17.9 Å². The summed E-state index contributed by atoms with van der Waals surface area (Å²) in [4.78, 5) is 12.5. The lowest BCUT2D eigenvalue weighted by Crippen LogP contribution is -2.27. The summed E-state index contributed by atoms with van der Waals surface area (Å²) >= 11 is 5.83. The van der Waals surface area contributed by atoms with Crippen LogP contribution in [0.3, 0.4) is 0 Å². The van der Waals surface area contributed by atoms with Gasteiger partial charge in [-0.15, -0.1) is 0 Å². The zero-order valence-corrected chi connectivity index (χ0v) is 18.2. The molecule has 3 rings (SSSR count). The zero-order valence-electron chi connectivity index (χ0n) is 16.6. The monoisotopic (exact) mass is 442 g/mol. The van der Waals surface area contributed by atoms with Crippen molar-refractivity contribution >= 4 is 27.5 Å². The number of benzene rings is 3. The summed E-state index contributed by atoms with van der Waals surface area (Å²) < 4.78 is 26.6. The predicted octanol–water partition coefficient (Wildman–Crippen LogP) is 4.13. The van der Waals surface area contributed by atoms with Crippen LogP contribution in [0, 0.1) is 0 Å². The molecule has 1 amide bonds. The average molecular weight is 443 g/mol. The van der Waals surface area contributed by atoms with Crippen molar-refractivity contribution in [1.82, 2.24) is 9.62 Å². The summed E-state index contributed by atoms with van der Waals surface area (Å²) in [6, 6.07) is 23.0. The molecule has 0 saturated carbocycles. The zero-order chi connectivity index (χ0) is 21.6. The lowest BCUT2D eigenvalue weighted by atomic mass is 10.1. The van der Waals surface area contributed by atoms with Crippen LogP contribution in [-0.4, -0.2) is 32.2 Å². The van der Waals surface area contributed by atoms with Crippen molar-refractivity contribution in [3.63, 3.8) is 0 Å². The molecule has 0 aliphatic carbocycles.